The van der Waals surface area contributed by atoms with Gasteiger partial charge < -0.3 is 9.47 Å². The molecule has 1 saturated heterocycles. The number of thiophene rings is 1. The lowest BCUT2D eigenvalue weighted by molar-refractivity contribution is 0.478. The van der Waals surface area contributed by atoms with Gasteiger partial charge in [0, 0.05) is 30.9 Å². The van der Waals surface area contributed by atoms with Crippen LogP contribution in [0.1, 0.15) is 29.5 Å². The first-order chi connectivity index (χ1) is 10.7. The average Bonchev–Trinajstić information content (AvgIpc) is 3.11. The van der Waals surface area contributed by atoms with Crippen molar-refractivity contribution in [2.45, 2.75) is 25.7 Å². The van der Waals surface area contributed by atoms with E-state index < -0.39 is 0 Å². The molecule has 1 aliphatic rings. The van der Waals surface area contributed by atoms with Crippen molar-refractivity contribution in [2.75, 3.05) is 18.0 Å². The van der Waals surface area contributed by atoms with Gasteiger partial charge in [-0.2, -0.15) is 0 Å². The van der Waals surface area contributed by atoms with Gasteiger partial charge in [-0.3, -0.25) is 0 Å². The van der Waals surface area contributed by atoms with Crippen molar-refractivity contribution < 1.29 is 0 Å². The molecule has 1 atom stereocenters. The smallest absolute Gasteiger partial charge is 0.140 e. The molecule has 0 saturated carbocycles. The molecule has 6 nitrogen and oxygen atoms in total. The zero-order chi connectivity index (χ0) is 15.1. The first-order valence-electron chi connectivity index (χ1n) is 7.52. The third kappa shape index (κ3) is 2.25. The Balaban J connectivity index is 1.68. The number of aromatic nitrogens is 5. The van der Waals surface area contributed by atoms with Crippen LogP contribution >= 0.6 is 11.3 Å². The van der Waals surface area contributed by atoms with E-state index in [2.05, 4.69) is 38.1 Å². The number of aryl methyl sites for hydroxylation is 2. The van der Waals surface area contributed by atoms with E-state index in [0.29, 0.717) is 5.92 Å². The van der Waals surface area contributed by atoms with E-state index in [0.717, 1.165) is 42.4 Å². The number of rotatable bonds is 2. The van der Waals surface area contributed by atoms with E-state index in [-0.39, 0.29) is 0 Å². The van der Waals surface area contributed by atoms with Crippen LogP contribution in [0.5, 0.6) is 0 Å². The van der Waals surface area contributed by atoms with Crippen LogP contribution in [0.2, 0.25) is 0 Å². The second kappa shape index (κ2) is 5.31. The standard InChI is InChI=1S/C15H18N6S/c1-10-6-12-14(16-8-17-15(12)22-10)21-5-3-4-11(7-21)13-19-18-9-20(13)2/h6,8-9,11H,3-5,7H2,1-2H3. The summed E-state index contributed by atoms with van der Waals surface area (Å²) in [6.07, 6.45) is 5.75. The molecule has 1 fully saturated rings. The molecule has 4 heterocycles. The molecule has 22 heavy (non-hydrogen) atoms. The first kappa shape index (κ1) is 13.6. The van der Waals surface area contributed by atoms with Crippen molar-refractivity contribution in [3.8, 4) is 0 Å². The van der Waals surface area contributed by atoms with Crippen molar-refractivity contribution in [3.05, 3.63) is 29.4 Å². The van der Waals surface area contributed by atoms with Crippen molar-refractivity contribution in [1.29, 1.82) is 0 Å². The van der Waals surface area contributed by atoms with Gasteiger partial charge in [0.25, 0.3) is 0 Å². The number of nitrogens with zero attached hydrogens (tertiary/aromatic N) is 6. The maximum atomic E-state index is 4.56. The zero-order valence-electron chi connectivity index (χ0n) is 12.7. The molecule has 0 aliphatic carbocycles. The minimum absolute atomic E-state index is 0.408. The lowest BCUT2D eigenvalue weighted by Crippen LogP contribution is -2.36. The largest absolute Gasteiger partial charge is 0.355 e. The Hall–Kier alpha value is -2.02. The molecule has 0 N–H and O–H groups in total. The number of fused-ring (bicyclic) bond motifs is 1. The third-order valence-corrected chi connectivity index (χ3v) is 5.22. The fourth-order valence-electron chi connectivity index (χ4n) is 3.26. The van der Waals surface area contributed by atoms with Crippen LogP contribution in [0.15, 0.2) is 18.7 Å². The third-order valence-electron chi connectivity index (χ3n) is 4.26. The molecule has 7 heteroatoms. The van der Waals surface area contributed by atoms with Gasteiger partial charge in [-0.1, -0.05) is 0 Å². The van der Waals surface area contributed by atoms with Crippen molar-refractivity contribution in [1.82, 2.24) is 24.7 Å². The molecule has 114 valence electrons. The molecule has 0 radical (unpaired) electrons. The molecular weight excluding hydrogens is 296 g/mol. The van der Waals surface area contributed by atoms with Crippen molar-refractivity contribution in [2.24, 2.45) is 7.05 Å². The molecule has 1 aliphatic heterocycles. The molecule has 3 aromatic heterocycles. The summed E-state index contributed by atoms with van der Waals surface area (Å²) < 4.78 is 2.03. The van der Waals surface area contributed by atoms with E-state index in [4.69, 9.17) is 0 Å². The SMILES string of the molecule is Cc1cc2c(N3CCCC(c4nncn4C)C3)ncnc2s1. The summed E-state index contributed by atoms with van der Waals surface area (Å²) >= 11 is 1.73. The number of anilines is 1. The van der Waals surface area contributed by atoms with Crippen LogP contribution < -0.4 is 4.90 Å². The van der Waals surface area contributed by atoms with Crippen LogP contribution in [0.25, 0.3) is 10.2 Å². The zero-order valence-corrected chi connectivity index (χ0v) is 13.5. The van der Waals surface area contributed by atoms with Gasteiger partial charge in [0.05, 0.1) is 5.39 Å². The van der Waals surface area contributed by atoms with E-state index in [1.807, 2.05) is 11.6 Å². The molecule has 0 aromatic carbocycles. The Morgan fingerprint density at radius 3 is 3.05 bits per heavy atom. The van der Waals surface area contributed by atoms with Gasteiger partial charge in [0.1, 0.15) is 29.1 Å². The Morgan fingerprint density at radius 1 is 1.32 bits per heavy atom. The summed E-state index contributed by atoms with van der Waals surface area (Å²) in [7, 11) is 2.01. The van der Waals surface area contributed by atoms with Crippen LogP contribution in [0.4, 0.5) is 5.82 Å². The fourth-order valence-corrected chi connectivity index (χ4v) is 4.10. The van der Waals surface area contributed by atoms with Crippen molar-refractivity contribution >= 4 is 27.4 Å². The highest BCUT2D eigenvalue weighted by Crippen LogP contribution is 2.33. The Labute approximate surface area is 132 Å². The highest BCUT2D eigenvalue weighted by Gasteiger charge is 2.26. The first-order valence-corrected chi connectivity index (χ1v) is 8.34. The maximum absolute atomic E-state index is 4.56. The average molecular weight is 314 g/mol. The van der Waals surface area contributed by atoms with Crippen LogP contribution in [0.3, 0.4) is 0 Å². The normalized spacial score (nSPS) is 19.0. The molecule has 4 rings (SSSR count). The molecule has 1 unspecified atom stereocenters. The van der Waals surface area contributed by atoms with Crippen molar-refractivity contribution in [3.63, 3.8) is 0 Å². The van der Waals surface area contributed by atoms with Crippen LogP contribution in [-0.4, -0.2) is 37.8 Å². The Bertz CT molecular complexity index is 807. The molecule has 0 spiro atoms. The minimum atomic E-state index is 0.408. The molecule has 3 aromatic rings. The highest BCUT2D eigenvalue weighted by molar-refractivity contribution is 7.18. The van der Waals surface area contributed by atoms with Crippen LogP contribution in [0, 0.1) is 6.92 Å². The number of hydrogen-bond acceptors (Lipinski definition) is 6. The van der Waals surface area contributed by atoms with Gasteiger partial charge in [-0.05, 0) is 25.8 Å². The number of hydrogen-bond donors (Lipinski definition) is 0. The summed E-state index contributed by atoms with van der Waals surface area (Å²) in [5, 5.41) is 9.48. The molecule has 0 bridgehead atoms. The number of piperidine rings is 1. The summed E-state index contributed by atoms with van der Waals surface area (Å²) in [5.74, 6) is 2.53. The summed E-state index contributed by atoms with van der Waals surface area (Å²) in [5.41, 5.74) is 0. The monoisotopic (exact) mass is 314 g/mol. The molecule has 0 amide bonds. The predicted molar refractivity (Wildman–Crippen MR) is 87.3 cm³/mol. The summed E-state index contributed by atoms with van der Waals surface area (Å²) in [6, 6.07) is 2.20. The van der Waals surface area contributed by atoms with Gasteiger partial charge in [-0.15, -0.1) is 21.5 Å². The second-order valence-corrected chi connectivity index (χ2v) is 7.09. The van der Waals surface area contributed by atoms with E-state index in [1.54, 1.807) is 24.0 Å². The molecular formula is C15H18N6S. The summed E-state index contributed by atoms with van der Waals surface area (Å²) in [4.78, 5) is 13.7. The minimum Gasteiger partial charge on any atom is -0.355 e. The summed E-state index contributed by atoms with van der Waals surface area (Å²) in [6.45, 7) is 4.09. The van der Waals surface area contributed by atoms with Gasteiger partial charge in [-0.25, -0.2) is 9.97 Å². The van der Waals surface area contributed by atoms with Gasteiger partial charge in [0.2, 0.25) is 0 Å². The van der Waals surface area contributed by atoms with Gasteiger partial charge in [0.15, 0.2) is 0 Å². The predicted octanol–water partition coefficient (Wildman–Crippen LogP) is 2.51. The van der Waals surface area contributed by atoms with Gasteiger partial charge >= 0.3 is 0 Å². The van der Waals surface area contributed by atoms with Crippen LogP contribution in [-0.2, 0) is 7.05 Å². The van der Waals surface area contributed by atoms with E-state index >= 15 is 0 Å². The maximum Gasteiger partial charge on any atom is 0.140 e. The van der Waals surface area contributed by atoms with E-state index in [1.165, 1.54) is 10.3 Å². The second-order valence-electron chi connectivity index (χ2n) is 5.86. The Morgan fingerprint density at radius 2 is 2.23 bits per heavy atom. The lowest BCUT2D eigenvalue weighted by atomic mass is 9.97. The van der Waals surface area contributed by atoms with E-state index in [9.17, 15) is 0 Å². The Kier molecular flexibility index (Phi) is 3.29. The topological polar surface area (TPSA) is 59.7 Å². The fraction of sp³-hybridized carbons (Fsp3) is 0.467. The lowest BCUT2D eigenvalue weighted by Gasteiger charge is -2.33. The quantitative estimate of drug-likeness (QED) is 0.727. The highest BCUT2D eigenvalue weighted by atomic mass is 32.1.